The van der Waals surface area contributed by atoms with Gasteiger partial charge in [-0.25, -0.2) is 0 Å². The molecule has 10 heteroatoms. The predicted molar refractivity (Wildman–Crippen MR) is 344 cm³/mol. The molecule has 0 N–H and O–H groups in total. The second kappa shape index (κ2) is 89.4. The quantitative estimate of drug-likeness (QED) is 0.0430. The zero-order valence-corrected chi connectivity index (χ0v) is 62.6. The van der Waals surface area contributed by atoms with E-state index >= 15 is 0 Å². The van der Waals surface area contributed by atoms with Crippen molar-refractivity contribution in [2.75, 3.05) is 0 Å². The Hall–Kier alpha value is -0.399. The molecule has 0 atom stereocenters. The minimum Gasteiger partial charge on any atom is -0.550 e. The number of carbonyl (C=O) groups excluding carboxylic acids is 4. The average molecular weight is 1370 g/mol. The van der Waals surface area contributed by atoms with E-state index in [1.54, 1.807) is 0 Å². The number of hydrogen-bond acceptors (Lipinski definition) is 8. The topological polar surface area (TPSA) is 161 Å². The van der Waals surface area contributed by atoms with Crippen molar-refractivity contribution in [3.63, 3.8) is 0 Å². The first-order valence-electron chi connectivity index (χ1n) is 35.9. The van der Waals surface area contributed by atoms with Gasteiger partial charge in [-0.3, -0.25) is 0 Å². The minimum atomic E-state index is -0.903. The van der Waals surface area contributed by atoms with E-state index in [2.05, 4.69) is 27.7 Å². The number of carboxylic acids is 4. The molecule has 0 saturated carbocycles. The third kappa shape index (κ3) is 108. The van der Waals surface area contributed by atoms with E-state index in [1.807, 2.05) is 0 Å². The van der Waals surface area contributed by atoms with Crippen molar-refractivity contribution in [2.24, 2.45) is 0 Å². The summed E-state index contributed by atoms with van der Waals surface area (Å²) in [5.41, 5.74) is 0. The molecule has 0 bridgehead atoms. The summed E-state index contributed by atoms with van der Waals surface area (Å²) in [5.74, 6) is -3.61. The van der Waals surface area contributed by atoms with E-state index in [4.69, 9.17) is 0 Å². The Morgan fingerprint density at radius 2 is 0.244 bits per heavy atom. The molecule has 0 amide bonds. The number of aliphatic carboxylic acids is 4. The van der Waals surface area contributed by atoms with Crippen LogP contribution in [0.4, 0.5) is 0 Å². The van der Waals surface area contributed by atoms with Crippen LogP contribution in [0.2, 0.25) is 0 Å². The second-order valence-electron chi connectivity index (χ2n) is 24.3. The first-order chi connectivity index (χ1) is 39.1. The second-order valence-corrected chi connectivity index (χ2v) is 24.3. The monoisotopic (exact) mass is 1370 g/mol. The molecule has 0 aliphatic carbocycles. The maximum absolute atomic E-state index is 10.2. The van der Waals surface area contributed by atoms with E-state index in [-0.39, 0.29) is 76.9 Å². The maximum Gasteiger partial charge on any atom is 2.00 e. The van der Waals surface area contributed by atoms with Gasteiger partial charge < -0.3 is 39.6 Å². The van der Waals surface area contributed by atoms with Gasteiger partial charge >= 0.3 is 51.2 Å². The van der Waals surface area contributed by atoms with Crippen molar-refractivity contribution < 1.29 is 66.9 Å². The van der Waals surface area contributed by atoms with Crippen LogP contribution in [0.1, 0.15) is 439 Å². The molecule has 0 aliphatic rings. The van der Waals surface area contributed by atoms with Crippen LogP contribution in [0.25, 0.3) is 0 Å². The summed E-state index contributed by atoms with van der Waals surface area (Å²) in [5, 5.41) is 40.9. The zero-order chi connectivity index (χ0) is 59.6. The number of rotatable bonds is 64. The van der Waals surface area contributed by atoms with Gasteiger partial charge in [0.15, 0.2) is 0 Å². The molecule has 2 radical (unpaired) electrons. The zero-order valence-electron chi connectivity index (χ0n) is 55.7. The number of carboxylic acid groups (broad SMARTS) is 4. The van der Waals surface area contributed by atoms with Crippen LogP contribution >= 0.6 is 0 Å². The SMILES string of the molecule is CCCCCCCCCCCCCCCCCC(=O)[O-].CCCCCCCCCCCCCCCCCC(=O)[O-].CCCCCCCCCCCCCCCCCC(=O)[O-].CCCCCCCCCCCCCCCCCC(=O)[O-].[Cd+2].[Sn+2]. The molecule has 0 aromatic heterocycles. The van der Waals surface area contributed by atoms with Crippen LogP contribution in [0.3, 0.4) is 0 Å². The fourth-order valence-corrected chi connectivity index (χ4v) is 10.6. The standard InChI is InChI=1S/4C18H36O2.Cd.Sn/c4*1-2-3-4-5-6-7-8-9-10-11-12-13-14-15-16-17-18(19)20;;/h4*2-17H2,1H3,(H,19,20);;/q;;;;2*+2/p-4. The fourth-order valence-electron chi connectivity index (χ4n) is 10.6. The van der Waals surface area contributed by atoms with Crippen LogP contribution in [0.15, 0.2) is 0 Å². The Bertz CT molecular complexity index is 998. The van der Waals surface area contributed by atoms with Gasteiger partial charge in [-0.1, -0.05) is 387 Å². The Morgan fingerprint density at radius 3 is 0.317 bits per heavy atom. The van der Waals surface area contributed by atoms with Gasteiger partial charge in [-0.2, -0.15) is 0 Å². The molecule has 82 heavy (non-hydrogen) atoms. The van der Waals surface area contributed by atoms with Gasteiger partial charge in [0.25, 0.3) is 0 Å². The first kappa shape index (κ1) is 92.8. The summed E-state index contributed by atoms with van der Waals surface area (Å²) < 4.78 is 0. The average Bonchev–Trinajstić information content (AvgIpc) is 3.43. The first-order valence-corrected chi connectivity index (χ1v) is 35.9. The molecule has 0 heterocycles. The van der Waals surface area contributed by atoms with Crippen molar-refractivity contribution in [1.82, 2.24) is 0 Å². The van der Waals surface area contributed by atoms with Crippen molar-refractivity contribution in [1.29, 1.82) is 0 Å². The summed E-state index contributed by atoms with van der Waals surface area (Å²) in [6.07, 6.45) is 79.4. The van der Waals surface area contributed by atoms with E-state index in [0.29, 0.717) is 0 Å². The minimum absolute atomic E-state index is 0. The molecule has 0 aromatic carbocycles. The van der Waals surface area contributed by atoms with Gasteiger partial charge in [0.1, 0.15) is 0 Å². The van der Waals surface area contributed by atoms with Crippen LogP contribution in [-0.4, -0.2) is 47.8 Å². The van der Waals surface area contributed by atoms with Crippen LogP contribution in [0, 0.1) is 0 Å². The molecule has 482 valence electrons. The molecular weight excluding hydrogens is 1220 g/mol. The number of carbonyl (C=O) groups is 4. The Balaban J connectivity index is -0.000000233. The molecule has 0 fully saturated rings. The molecular formula is C72H140CdO8Sn. The van der Waals surface area contributed by atoms with E-state index in [1.165, 1.54) is 334 Å². The summed E-state index contributed by atoms with van der Waals surface area (Å²) in [6, 6.07) is 0. The summed E-state index contributed by atoms with van der Waals surface area (Å²) in [4.78, 5) is 40.9. The molecule has 0 rings (SSSR count). The molecule has 0 aromatic rings. The smallest absolute Gasteiger partial charge is 0.550 e. The largest absolute Gasteiger partial charge is 2.00 e. The molecule has 0 aliphatic heterocycles. The normalized spacial score (nSPS) is 10.6. The maximum atomic E-state index is 10.2. The Kier molecular flexibility index (Phi) is 101. The van der Waals surface area contributed by atoms with E-state index in [0.717, 1.165) is 51.4 Å². The summed E-state index contributed by atoms with van der Waals surface area (Å²) in [6.45, 7) is 9.07. The van der Waals surface area contributed by atoms with Crippen molar-refractivity contribution >= 4 is 47.8 Å². The van der Waals surface area contributed by atoms with Crippen LogP contribution < -0.4 is 20.4 Å². The van der Waals surface area contributed by atoms with E-state index < -0.39 is 23.9 Å². The molecule has 0 saturated heterocycles. The summed E-state index contributed by atoms with van der Waals surface area (Å²) in [7, 11) is 0. The van der Waals surface area contributed by atoms with Gasteiger partial charge in [-0.15, -0.1) is 0 Å². The fraction of sp³-hybridized carbons (Fsp3) is 0.944. The van der Waals surface area contributed by atoms with Crippen molar-refractivity contribution in [3.05, 3.63) is 0 Å². The number of unbranched alkanes of at least 4 members (excludes halogenated alkanes) is 56. The van der Waals surface area contributed by atoms with Crippen molar-refractivity contribution in [3.8, 4) is 0 Å². The van der Waals surface area contributed by atoms with Crippen molar-refractivity contribution in [2.45, 2.75) is 439 Å². The van der Waals surface area contributed by atoms with E-state index in [9.17, 15) is 39.6 Å². The Morgan fingerprint density at radius 1 is 0.171 bits per heavy atom. The van der Waals surface area contributed by atoms with Gasteiger partial charge in [-0.05, 0) is 51.4 Å². The number of hydrogen-bond donors (Lipinski definition) is 0. The van der Waals surface area contributed by atoms with Gasteiger partial charge in [0, 0.05) is 23.9 Å². The molecule has 8 nitrogen and oxygen atoms in total. The van der Waals surface area contributed by atoms with Gasteiger partial charge in [0.05, 0.1) is 0 Å². The third-order valence-electron chi connectivity index (χ3n) is 15.9. The van der Waals surface area contributed by atoms with Crippen LogP contribution in [-0.2, 0) is 46.5 Å². The van der Waals surface area contributed by atoms with Gasteiger partial charge in [0.2, 0.25) is 0 Å². The predicted octanol–water partition coefficient (Wildman–Crippen LogP) is 19.6. The van der Waals surface area contributed by atoms with Crippen LogP contribution in [0.5, 0.6) is 0 Å². The summed E-state index contributed by atoms with van der Waals surface area (Å²) >= 11 is 0. The Labute approximate surface area is 549 Å². The molecule has 0 unspecified atom stereocenters. The molecule has 0 spiro atoms. The third-order valence-corrected chi connectivity index (χ3v) is 15.9.